The fourth-order valence-electron chi connectivity index (χ4n) is 2.62. The summed E-state index contributed by atoms with van der Waals surface area (Å²) < 4.78 is 31.2. The molecule has 0 saturated carbocycles. The van der Waals surface area contributed by atoms with Crippen LogP contribution in [0.2, 0.25) is 0 Å². The van der Waals surface area contributed by atoms with Gasteiger partial charge in [0.05, 0.1) is 12.5 Å². The van der Waals surface area contributed by atoms with Gasteiger partial charge in [0.1, 0.15) is 0 Å². The number of hydroxylamine groups is 2. The maximum absolute atomic E-state index is 12.0. The van der Waals surface area contributed by atoms with Gasteiger partial charge < -0.3 is 0 Å². The lowest BCUT2D eigenvalue weighted by atomic mass is 10.1. The number of carbonyl (C=O) groups excluding carboxylic acids is 2. The number of amides is 2. The first-order valence-corrected chi connectivity index (χ1v) is 9.81. The van der Waals surface area contributed by atoms with Crippen molar-refractivity contribution in [1.82, 2.24) is 5.06 Å². The summed E-state index contributed by atoms with van der Waals surface area (Å²) in [7, 11) is -4.58. The van der Waals surface area contributed by atoms with Crippen LogP contribution in [0.25, 0.3) is 0 Å². The molecule has 2 amide bonds. The van der Waals surface area contributed by atoms with E-state index in [4.69, 9.17) is 9.39 Å². The minimum absolute atomic E-state index is 0.297. The minimum Gasteiger partial charge on any atom is -0.285 e. The topological polar surface area (TPSA) is 101 Å². The molecule has 0 aromatic rings. The number of rotatable bonds is 11. The SMILES string of the molecule is CCCCCCCC(CCC)ON1C(=O)CC(S(=O)(=O)O)C1=O. The maximum atomic E-state index is 12.0. The quantitative estimate of drug-likeness (QED) is 0.349. The predicted molar refractivity (Wildman–Crippen MR) is 85.0 cm³/mol. The van der Waals surface area contributed by atoms with E-state index in [0.717, 1.165) is 32.1 Å². The van der Waals surface area contributed by atoms with Crippen molar-refractivity contribution in [1.29, 1.82) is 0 Å². The lowest BCUT2D eigenvalue weighted by molar-refractivity contribution is -0.204. The molecule has 2 atom stereocenters. The Balaban J connectivity index is 2.58. The van der Waals surface area contributed by atoms with E-state index in [-0.39, 0.29) is 6.10 Å². The fourth-order valence-corrected chi connectivity index (χ4v) is 3.33. The van der Waals surface area contributed by atoms with Gasteiger partial charge in [-0.1, -0.05) is 52.4 Å². The second-order valence-electron chi connectivity index (χ2n) is 5.95. The van der Waals surface area contributed by atoms with Crippen LogP contribution in [0.4, 0.5) is 0 Å². The summed E-state index contributed by atoms with van der Waals surface area (Å²) in [5, 5.41) is -1.20. The monoisotopic (exact) mass is 349 g/mol. The molecule has 1 aliphatic rings. The summed E-state index contributed by atoms with van der Waals surface area (Å²) in [6.07, 6.45) is 6.84. The summed E-state index contributed by atoms with van der Waals surface area (Å²) in [5.41, 5.74) is 0. The Bertz CT molecular complexity index is 504. The second-order valence-corrected chi connectivity index (χ2v) is 7.55. The molecule has 0 aromatic carbocycles. The third-order valence-electron chi connectivity index (χ3n) is 3.92. The van der Waals surface area contributed by atoms with Crippen LogP contribution < -0.4 is 0 Å². The number of hydrogen-bond acceptors (Lipinski definition) is 5. The van der Waals surface area contributed by atoms with Crippen LogP contribution in [-0.2, 0) is 24.5 Å². The van der Waals surface area contributed by atoms with E-state index in [2.05, 4.69) is 6.92 Å². The first-order chi connectivity index (χ1) is 10.8. The smallest absolute Gasteiger partial charge is 0.277 e. The highest BCUT2D eigenvalue weighted by Gasteiger charge is 2.47. The molecule has 1 aliphatic heterocycles. The van der Waals surface area contributed by atoms with Gasteiger partial charge in [-0.3, -0.25) is 19.0 Å². The predicted octanol–water partition coefficient (Wildman–Crippen LogP) is 2.46. The van der Waals surface area contributed by atoms with Gasteiger partial charge in [-0.15, -0.1) is 0 Å². The molecule has 8 heteroatoms. The van der Waals surface area contributed by atoms with Gasteiger partial charge in [-0.05, 0) is 12.8 Å². The molecule has 0 aliphatic carbocycles. The molecule has 134 valence electrons. The average molecular weight is 349 g/mol. The molecule has 7 nitrogen and oxygen atoms in total. The Morgan fingerprint density at radius 1 is 1.13 bits per heavy atom. The highest BCUT2D eigenvalue weighted by molar-refractivity contribution is 7.87. The Morgan fingerprint density at radius 2 is 1.78 bits per heavy atom. The van der Waals surface area contributed by atoms with Crippen molar-refractivity contribution in [2.75, 3.05) is 0 Å². The fraction of sp³-hybridized carbons (Fsp3) is 0.867. The molecular weight excluding hydrogens is 322 g/mol. The molecule has 0 radical (unpaired) electrons. The highest BCUT2D eigenvalue weighted by atomic mass is 32.2. The first-order valence-electron chi connectivity index (χ1n) is 8.31. The third kappa shape index (κ3) is 6.19. The van der Waals surface area contributed by atoms with Crippen LogP contribution in [0.5, 0.6) is 0 Å². The van der Waals surface area contributed by atoms with Gasteiger partial charge in [0.2, 0.25) is 0 Å². The van der Waals surface area contributed by atoms with E-state index >= 15 is 0 Å². The Labute approximate surface area is 138 Å². The molecular formula is C15H27NO6S. The maximum Gasteiger partial charge on any atom is 0.277 e. The van der Waals surface area contributed by atoms with E-state index in [1.165, 1.54) is 6.42 Å². The van der Waals surface area contributed by atoms with Gasteiger partial charge in [0.15, 0.2) is 5.25 Å². The molecule has 1 fully saturated rings. The highest BCUT2D eigenvalue weighted by Crippen LogP contribution is 2.23. The zero-order chi connectivity index (χ0) is 17.5. The van der Waals surface area contributed by atoms with Gasteiger partial charge in [0, 0.05) is 0 Å². The summed E-state index contributed by atoms with van der Waals surface area (Å²) in [4.78, 5) is 29.2. The molecule has 1 rings (SSSR count). The van der Waals surface area contributed by atoms with Crippen molar-refractivity contribution in [2.45, 2.75) is 83.0 Å². The van der Waals surface area contributed by atoms with Crippen LogP contribution >= 0.6 is 0 Å². The molecule has 23 heavy (non-hydrogen) atoms. The first kappa shape index (κ1) is 20.1. The minimum atomic E-state index is -4.58. The van der Waals surface area contributed by atoms with E-state index in [0.29, 0.717) is 17.9 Å². The van der Waals surface area contributed by atoms with E-state index in [1.807, 2.05) is 6.92 Å². The van der Waals surface area contributed by atoms with Crippen LogP contribution in [0, 0.1) is 0 Å². The number of hydrogen-bond donors (Lipinski definition) is 1. The van der Waals surface area contributed by atoms with Gasteiger partial charge >= 0.3 is 0 Å². The van der Waals surface area contributed by atoms with E-state index in [9.17, 15) is 18.0 Å². The number of carbonyl (C=O) groups is 2. The second kappa shape index (κ2) is 9.34. The molecule has 0 bridgehead atoms. The molecule has 0 spiro atoms. The standard InChI is InChI=1S/C15H27NO6S/c1-3-5-6-7-8-10-12(9-4-2)22-16-14(17)11-13(15(16)18)23(19,20)21/h12-13H,3-11H2,1-2H3,(H,19,20,21). The van der Waals surface area contributed by atoms with Crippen LogP contribution in [0.15, 0.2) is 0 Å². The zero-order valence-corrected chi connectivity index (χ0v) is 14.7. The zero-order valence-electron chi connectivity index (χ0n) is 13.9. The Hall–Kier alpha value is -0.990. The van der Waals surface area contributed by atoms with Crippen molar-refractivity contribution in [2.24, 2.45) is 0 Å². The van der Waals surface area contributed by atoms with Gasteiger partial charge in [-0.2, -0.15) is 13.5 Å². The summed E-state index contributed by atoms with van der Waals surface area (Å²) >= 11 is 0. The molecule has 2 unspecified atom stereocenters. The van der Waals surface area contributed by atoms with Gasteiger partial charge in [0.25, 0.3) is 21.9 Å². The number of unbranched alkanes of at least 4 members (excludes halogenated alkanes) is 4. The summed E-state index contributed by atoms with van der Waals surface area (Å²) in [5.74, 6) is -1.71. The van der Waals surface area contributed by atoms with Crippen molar-refractivity contribution in [3.63, 3.8) is 0 Å². The van der Waals surface area contributed by atoms with E-state index in [1.54, 1.807) is 0 Å². The van der Waals surface area contributed by atoms with Crippen LogP contribution in [0.1, 0.15) is 71.6 Å². The molecule has 1 N–H and O–H groups in total. The molecule has 0 aromatic heterocycles. The lowest BCUT2D eigenvalue weighted by Crippen LogP contribution is -2.38. The third-order valence-corrected chi connectivity index (χ3v) is 5.00. The van der Waals surface area contributed by atoms with E-state index < -0.39 is 33.6 Å². The lowest BCUT2D eigenvalue weighted by Gasteiger charge is -2.22. The van der Waals surface area contributed by atoms with Crippen LogP contribution in [-0.4, -0.2) is 41.2 Å². The molecule has 1 saturated heterocycles. The number of imide groups is 1. The van der Waals surface area contributed by atoms with Crippen molar-refractivity contribution >= 4 is 21.9 Å². The van der Waals surface area contributed by atoms with Crippen molar-refractivity contribution in [3.8, 4) is 0 Å². The summed E-state index contributed by atoms with van der Waals surface area (Å²) in [6, 6.07) is 0. The number of nitrogens with zero attached hydrogens (tertiary/aromatic N) is 1. The summed E-state index contributed by atoms with van der Waals surface area (Å²) in [6.45, 7) is 4.11. The van der Waals surface area contributed by atoms with Crippen molar-refractivity contribution < 1.29 is 27.4 Å². The van der Waals surface area contributed by atoms with Gasteiger partial charge in [-0.25, -0.2) is 0 Å². The normalized spacial score (nSPS) is 20.3. The average Bonchev–Trinajstić information content (AvgIpc) is 2.75. The Kier molecular flexibility index (Phi) is 8.15. The van der Waals surface area contributed by atoms with Crippen molar-refractivity contribution in [3.05, 3.63) is 0 Å². The Morgan fingerprint density at radius 3 is 2.30 bits per heavy atom. The van der Waals surface area contributed by atoms with Crippen LogP contribution in [0.3, 0.4) is 0 Å². The molecule has 1 heterocycles. The largest absolute Gasteiger partial charge is 0.285 e.